The summed E-state index contributed by atoms with van der Waals surface area (Å²) in [5.74, 6) is 0. The van der Waals surface area contributed by atoms with E-state index in [1.54, 1.807) is 16.9 Å². The van der Waals surface area contributed by atoms with E-state index in [-0.39, 0.29) is 5.41 Å². The molecule has 1 aromatic carbocycles. The van der Waals surface area contributed by atoms with Gasteiger partial charge < -0.3 is 10.1 Å². The molecule has 2 heterocycles. The topological polar surface area (TPSA) is 85.3 Å². The van der Waals surface area contributed by atoms with E-state index in [1.165, 1.54) is 22.3 Å². The van der Waals surface area contributed by atoms with Gasteiger partial charge in [-0.2, -0.15) is 5.10 Å². The summed E-state index contributed by atoms with van der Waals surface area (Å²) in [5.41, 5.74) is 6.25. The Labute approximate surface area is 172 Å². The highest BCUT2D eigenvalue weighted by Gasteiger charge is 2.34. The van der Waals surface area contributed by atoms with Crippen molar-refractivity contribution in [2.75, 3.05) is 18.5 Å². The summed E-state index contributed by atoms with van der Waals surface area (Å²) in [4.78, 5) is 12.6. The van der Waals surface area contributed by atoms with Gasteiger partial charge in [-0.3, -0.25) is 9.40 Å². The standard InChI is InChI=1S/C21H26N4O3S/c1-21(12-28-13-21)11-25-9-8-18(23-25)29(27)24-20(26)22-19-16-6-2-4-14(16)10-15-5-3-7-17(15)19/h8-10H,2-7,11-13H2,1H3,(H2,22,24,26). The highest BCUT2D eigenvalue weighted by Crippen LogP contribution is 2.38. The number of aromatic nitrogens is 2. The van der Waals surface area contributed by atoms with Crippen LogP contribution in [0.2, 0.25) is 0 Å². The minimum Gasteiger partial charge on any atom is -0.380 e. The first kappa shape index (κ1) is 18.8. The highest BCUT2D eigenvalue weighted by molar-refractivity contribution is 7.83. The number of benzene rings is 1. The summed E-state index contributed by atoms with van der Waals surface area (Å²) < 4.78 is 22.2. The third-order valence-corrected chi connectivity index (χ3v) is 7.12. The normalized spacial score (nSPS) is 19.9. The molecular weight excluding hydrogens is 388 g/mol. The lowest BCUT2D eigenvalue weighted by Gasteiger charge is -2.37. The number of hydrogen-bond donors (Lipinski definition) is 2. The molecule has 8 heteroatoms. The number of aryl methyl sites for hydroxylation is 2. The number of fused-ring (bicyclic) bond motifs is 2. The summed E-state index contributed by atoms with van der Waals surface area (Å²) in [6.45, 7) is 4.26. The maximum Gasteiger partial charge on any atom is 0.331 e. The molecule has 2 N–H and O–H groups in total. The molecule has 0 saturated carbocycles. The van der Waals surface area contributed by atoms with E-state index in [9.17, 15) is 9.00 Å². The Hall–Kier alpha value is -2.19. The van der Waals surface area contributed by atoms with Crippen molar-refractivity contribution in [1.82, 2.24) is 14.5 Å². The Balaban J connectivity index is 1.27. The average molecular weight is 415 g/mol. The number of urea groups is 1. The highest BCUT2D eigenvalue weighted by atomic mass is 32.2. The molecule has 0 spiro atoms. The molecule has 1 unspecified atom stereocenters. The van der Waals surface area contributed by atoms with Gasteiger partial charge in [-0.25, -0.2) is 9.00 Å². The Kier molecular flexibility index (Phi) is 4.70. The minimum atomic E-state index is -1.70. The molecule has 0 radical (unpaired) electrons. The van der Waals surface area contributed by atoms with E-state index in [0.29, 0.717) is 24.8 Å². The van der Waals surface area contributed by atoms with Crippen molar-refractivity contribution < 1.29 is 13.7 Å². The Morgan fingerprint density at radius 3 is 2.52 bits per heavy atom. The second-order valence-electron chi connectivity index (χ2n) is 8.71. The smallest absolute Gasteiger partial charge is 0.331 e. The molecule has 5 rings (SSSR count). The van der Waals surface area contributed by atoms with E-state index in [0.717, 1.165) is 44.2 Å². The van der Waals surface area contributed by atoms with Crippen molar-refractivity contribution in [3.05, 3.63) is 40.6 Å². The number of rotatable bonds is 5. The van der Waals surface area contributed by atoms with E-state index < -0.39 is 17.0 Å². The van der Waals surface area contributed by atoms with Gasteiger partial charge in [-0.05, 0) is 66.8 Å². The predicted octanol–water partition coefficient (Wildman–Crippen LogP) is 2.74. The number of hydrogen-bond acceptors (Lipinski definition) is 4. The first-order chi connectivity index (χ1) is 14.0. The van der Waals surface area contributed by atoms with Gasteiger partial charge in [0.25, 0.3) is 0 Å². The maximum atomic E-state index is 12.6. The lowest BCUT2D eigenvalue weighted by molar-refractivity contribution is -0.111. The van der Waals surface area contributed by atoms with Crippen LogP contribution >= 0.6 is 0 Å². The van der Waals surface area contributed by atoms with Gasteiger partial charge in [0, 0.05) is 17.3 Å². The minimum absolute atomic E-state index is 0.0731. The van der Waals surface area contributed by atoms with Gasteiger partial charge in [0.2, 0.25) is 0 Å². The number of amides is 2. The van der Waals surface area contributed by atoms with Gasteiger partial charge in [0.05, 0.1) is 19.8 Å². The molecule has 1 atom stereocenters. The molecule has 7 nitrogen and oxygen atoms in total. The van der Waals surface area contributed by atoms with E-state index in [4.69, 9.17) is 4.74 Å². The molecule has 1 aliphatic heterocycles. The van der Waals surface area contributed by atoms with E-state index in [1.807, 2.05) is 0 Å². The summed E-state index contributed by atoms with van der Waals surface area (Å²) in [6.07, 6.45) is 8.19. The van der Waals surface area contributed by atoms with Crippen LogP contribution in [0.3, 0.4) is 0 Å². The first-order valence-electron chi connectivity index (χ1n) is 10.3. The average Bonchev–Trinajstić information content (AvgIpc) is 3.40. The molecule has 2 aliphatic carbocycles. The molecular formula is C21H26N4O3S. The van der Waals surface area contributed by atoms with Crippen LogP contribution in [0.15, 0.2) is 23.4 Å². The second kappa shape index (κ2) is 7.25. The van der Waals surface area contributed by atoms with Gasteiger partial charge in [-0.1, -0.05) is 13.0 Å². The third-order valence-electron chi connectivity index (χ3n) is 6.15. The Morgan fingerprint density at radius 2 is 1.90 bits per heavy atom. The molecule has 1 saturated heterocycles. The molecule has 29 heavy (non-hydrogen) atoms. The number of carbonyl (C=O) groups is 1. The number of ether oxygens (including phenoxy) is 1. The van der Waals surface area contributed by atoms with Crippen LogP contribution in [0.5, 0.6) is 0 Å². The summed E-state index contributed by atoms with van der Waals surface area (Å²) in [7, 11) is -1.70. The van der Waals surface area contributed by atoms with Crippen LogP contribution in [0.4, 0.5) is 10.5 Å². The SMILES string of the molecule is CC1(Cn2ccc(S(=O)NC(=O)Nc3c4c(cc5c3CCC5)CCC4)n2)COC1. The van der Waals surface area contributed by atoms with Crippen LogP contribution in [0.25, 0.3) is 0 Å². The fourth-order valence-corrected chi connectivity index (χ4v) is 5.39. The van der Waals surface area contributed by atoms with Crippen LogP contribution < -0.4 is 10.0 Å². The first-order valence-corrected chi connectivity index (χ1v) is 11.4. The lowest BCUT2D eigenvalue weighted by Crippen LogP contribution is -2.43. The molecule has 1 fully saturated rings. The predicted molar refractivity (Wildman–Crippen MR) is 110 cm³/mol. The Morgan fingerprint density at radius 1 is 1.21 bits per heavy atom. The van der Waals surface area contributed by atoms with Crippen molar-refractivity contribution in [1.29, 1.82) is 0 Å². The van der Waals surface area contributed by atoms with E-state index in [2.05, 4.69) is 28.1 Å². The molecule has 1 aromatic heterocycles. The quantitative estimate of drug-likeness (QED) is 0.788. The van der Waals surface area contributed by atoms with Crippen LogP contribution in [0.1, 0.15) is 42.0 Å². The molecule has 3 aliphatic rings. The number of nitrogens with one attached hydrogen (secondary N) is 2. The zero-order chi connectivity index (χ0) is 20.0. The largest absolute Gasteiger partial charge is 0.380 e. The zero-order valence-electron chi connectivity index (χ0n) is 16.6. The summed E-state index contributed by atoms with van der Waals surface area (Å²) in [5, 5.41) is 7.74. The maximum absolute atomic E-state index is 12.6. The van der Waals surface area contributed by atoms with Gasteiger partial charge in [0.1, 0.15) is 0 Å². The molecule has 0 bridgehead atoms. The number of anilines is 1. The second-order valence-corrected chi connectivity index (χ2v) is 9.87. The zero-order valence-corrected chi connectivity index (χ0v) is 17.4. The van der Waals surface area contributed by atoms with Crippen molar-refractivity contribution >= 4 is 22.7 Å². The van der Waals surface area contributed by atoms with Crippen LogP contribution in [-0.2, 0) is 48.0 Å². The number of carbonyl (C=O) groups excluding carboxylic acids is 1. The van der Waals surface area contributed by atoms with Crippen molar-refractivity contribution in [2.24, 2.45) is 5.41 Å². The molecule has 2 amide bonds. The lowest BCUT2D eigenvalue weighted by atomic mass is 9.89. The van der Waals surface area contributed by atoms with Crippen molar-refractivity contribution in [3.63, 3.8) is 0 Å². The molecule has 2 aromatic rings. The fourth-order valence-electron chi connectivity index (χ4n) is 4.71. The third kappa shape index (κ3) is 3.59. The fraction of sp³-hybridized carbons (Fsp3) is 0.524. The van der Waals surface area contributed by atoms with Crippen LogP contribution in [-0.4, -0.2) is 33.2 Å². The Bertz CT molecular complexity index is 964. The number of nitrogens with zero attached hydrogens (tertiary/aromatic N) is 2. The van der Waals surface area contributed by atoms with Crippen molar-refractivity contribution in [3.8, 4) is 0 Å². The van der Waals surface area contributed by atoms with Gasteiger partial charge in [0.15, 0.2) is 16.0 Å². The van der Waals surface area contributed by atoms with Crippen LogP contribution in [0, 0.1) is 5.41 Å². The summed E-state index contributed by atoms with van der Waals surface area (Å²) in [6, 6.07) is 3.58. The monoisotopic (exact) mass is 414 g/mol. The van der Waals surface area contributed by atoms with E-state index >= 15 is 0 Å². The van der Waals surface area contributed by atoms with Gasteiger partial charge in [-0.15, -0.1) is 0 Å². The molecule has 154 valence electrons. The summed E-state index contributed by atoms with van der Waals surface area (Å²) >= 11 is 0. The van der Waals surface area contributed by atoms with Crippen molar-refractivity contribution in [2.45, 2.75) is 57.0 Å². The van der Waals surface area contributed by atoms with Gasteiger partial charge >= 0.3 is 6.03 Å².